The first-order chi connectivity index (χ1) is 20.9. The maximum atomic E-state index is 13.9. The Morgan fingerprint density at radius 1 is 1.14 bits per heavy atom. The molecule has 0 bridgehead atoms. The number of benzene rings is 2. The SMILES string of the molecule is COC(=O)[C@@H](Cc1c[nH]c2ccccc12)NC(=O)[C@@H]1[C@@H](NC(=O)Nc2cccc(SC)c2)CCN1C(=O)c1cnccn1. The molecule has 4 amide bonds. The van der Waals surface area contributed by atoms with Crippen molar-refractivity contribution in [3.63, 3.8) is 0 Å². The summed E-state index contributed by atoms with van der Waals surface area (Å²) >= 11 is 1.54. The summed E-state index contributed by atoms with van der Waals surface area (Å²) in [6.45, 7) is 0.172. The highest BCUT2D eigenvalue weighted by molar-refractivity contribution is 7.98. The first-order valence-corrected chi connectivity index (χ1v) is 14.8. The summed E-state index contributed by atoms with van der Waals surface area (Å²) in [5, 5.41) is 9.34. The van der Waals surface area contributed by atoms with Gasteiger partial charge in [0.2, 0.25) is 5.91 Å². The molecule has 1 saturated heterocycles. The summed E-state index contributed by atoms with van der Waals surface area (Å²) in [6, 6.07) is 11.5. The van der Waals surface area contributed by atoms with Crippen LogP contribution < -0.4 is 16.0 Å². The van der Waals surface area contributed by atoms with E-state index in [-0.39, 0.29) is 18.7 Å². The standard InChI is InChI=1S/C30H31N7O5S/c1-42-29(40)24(14-18-16-33-22-9-4-3-8-21(18)22)35-27(38)26-23(10-13-37(26)28(39)25-17-31-11-12-32-25)36-30(41)34-19-6-5-7-20(15-19)43-2/h3-9,11-12,15-17,23-24,26,33H,10,13-14H2,1-2H3,(H,35,38)(H2,34,36,41)/t23-,24+,26-/m0/s1. The fourth-order valence-electron chi connectivity index (χ4n) is 5.20. The summed E-state index contributed by atoms with van der Waals surface area (Å²) < 4.78 is 5.01. The van der Waals surface area contributed by atoms with Gasteiger partial charge in [0.1, 0.15) is 17.8 Å². The van der Waals surface area contributed by atoms with Gasteiger partial charge in [-0.15, -0.1) is 11.8 Å². The van der Waals surface area contributed by atoms with Crippen molar-refractivity contribution < 1.29 is 23.9 Å². The van der Waals surface area contributed by atoms with Gasteiger partial charge in [0, 0.05) is 53.0 Å². The summed E-state index contributed by atoms with van der Waals surface area (Å²) in [4.78, 5) is 66.8. The minimum absolute atomic E-state index is 0.0580. The van der Waals surface area contributed by atoms with Gasteiger partial charge in [0.25, 0.3) is 5.91 Å². The molecule has 0 saturated carbocycles. The number of anilines is 1. The number of carbonyl (C=O) groups excluding carboxylic acids is 4. The number of fused-ring (bicyclic) bond motifs is 1. The zero-order chi connectivity index (χ0) is 30.3. The van der Waals surface area contributed by atoms with E-state index in [1.165, 1.54) is 30.6 Å². The number of hydrogen-bond acceptors (Lipinski definition) is 8. The fourth-order valence-corrected chi connectivity index (χ4v) is 5.66. The number of amides is 4. The van der Waals surface area contributed by atoms with Crippen LogP contribution in [0.15, 0.2) is 78.2 Å². The Balaban J connectivity index is 1.38. The Morgan fingerprint density at radius 3 is 2.74 bits per heavy atom. The molecule has 3 heterocycles. The van der Waals surface area contributed by atoms with Gasteiger partial charge < -0.3 is 30.6 Å². The molecule has 5 rings (SSSR count). The molecule has 0 spiro atoms. The van der Waals surface area contributed by atoms with Crippen LogP contribution in [0.25, 0.3) is 10.9 Å². The van der Waals surface area contributed by atoms with Crippen LogP contribution in [0, 0.1) is 0 Å². The highest BCUT2D eigenvalue weighted by Gasteiger charge is 2.44. The molecule has 1 aliphatic heterocycles. The first kappa shape index (κ1) is 29.6. The molecule has 4 aromatic rings. The predicted octanol–water partition coefficient (Wildman–Crippen LogP) is 2.99. The molecule has 1 aliphatic rings. The number of esters is 1. The van der Waals surface area contributed by atoms with Crippen LogP contribution in [0.3, 0.4) is 0 Å². The van der Waals surface area contributed by atoms with Crippen LogP contribution in [0.4, 0.5) is 10.5 Å². The second-order valence-corrected chi connectivity index (χ2v) is 10.8. The molecule has 43 heavy (non-hydrogen) atoms. The number of urea groups is 1. The minimum Gasteiger partial charge on any atom is -0.467 e. The quantitative estimate of drug-likeness (QED) is 0.168. The lowest BCUT2D eigenvalue weighted by atomic mass is 10.0. The van der Waals surface area contributed by atoms with E-state index >= 15 is 0 Å². The van der Waals surface area contributed by atoms with Crippen LogP contribution >= 0.6 is 11.8 Å². The number of nitrogens with zero attached hydrogens (tertiary/aromatic N) is 3. The largest absolute Gasteiger partial charge is 0.467 e. The monoisotopic (exact) mass is 601 g/mol. The lowest BCUT2D eigenvalue weighted by Crippen LogP contribution is -2.58. The van der Waals surface area contributed by atoms with E-state index in [1.54, 1.807) is 24.0 Å². The van der Waals surface area contributed by atoms with E-state index in [0.29, 0.717) is 12.1 Å². The fraction of sp³-hybridized carbons (Fsp3) is 0.267. The van der Waals surface area contributed by atoms with Crippen molar-refractivity contribution in [1.82, 2.24) is 30.5 Å². The third kappa shape index (κ3) is 6.78. The summed E-state index contributed by atoms with van der Waals surface area (Å²) in [7, 11) is 1.25. The molecular weight excluding hydrogens is 570 g/mol. The number of ether oxygens (including phenoxy) is 1. The molecule has 2 aromatic carbocycles. The summed E-state index contributed by atoms with van der Waals surface area (Å²) in [5.74, 6) is -1.77. The number of hydrogen-bond donors (Lipinski definition) is 4. The minimum atomic E-state index is -1.13. The van der Waals surface area contributed by atoms with Gasteiger partial charge in [-0.1, -0.05) is 24.3 Å². The molecular formula is C30H31N7O5S. The van der Waals surface area contributed by atoms with Gasteiger partial charge in [0.05, 0.1) is 19.3 Å². The van der Waals surface area contributed by atoms with E-state index in [4.69, 9.17) is 4.74 Å². The number of methoxy groups -OCH3 is 1. The normalized spacial score (nSPS) is 16.8. The Labute approximate surface area is 252 Å². The van der Waals surface area contributed by atoms with Crippen molar-refractivity contribution in [2.24, 2.45) is 0 Å². The van der Waals surface area contributed by atoms with Crippen molar-refractivity contribution >= 4 is 52.2 Å². The molecule has 1 fully saturated rings. The average Bonchev–Trinajstić information content (AvgIpc) is 3.64. The molecule has 222 valence electrons. The maximum Gasteiger partial charge on any atom is 0.328 e. The van der Waals surface area contributed by atoms with Crippen molar-refractivity contribution in [3.05, 3.63) is 84.6 Å². The third-order valence-electron chi connectivity index (χ3n) is 7.25. The third-order valence-corrected chi connectivity index (χ3v) is 7.98. The zero-order valence-corrected chi connectivity index (χ0v) is 24.4. The van der Waals surface area contributed by atoms with E-state index in [1.807, 2.05) is 48.7 Å². The number of H-pyrrole nitrogens is 1. The number of para-hydroxylation sites is 1. The van der Waals surface area contributed by atoms with Crippen molar-refractivity contribution in [3.8, 4) is 0 Å². The van der Waals surface area contributed by atoms with Crippen LogP contribution in [0.1, 0.15) is 22.5 Å². The first-order valence-electron chi connectivity index (χ1n) is 13.6. The molecule has 13 heteroatoms. The average molecular weight is 602 g/mol. The Hall–Kier alpha value is -4.91. The smallest absolute Gasteiger partial charge is 0.328 e. The lowest BCUT2D eigenvalue weighted by Gasteiger charge is -2.29. The molecule has 0 radical (unpaired) electrons. The van der Waals surface area contributed by atoms with Gasteiger partial charge in [-0.2, -0.15) is 0 Å². The van der Waals surface area contributed by atoms with Crippen LogP contribution in [0.2, 0.25) is 0 Å². The summed E-state index contributed by atoms with van der Waals surface area (Å²) in [5.41, 5.74) is 2.34. The maximum absolute atomic E-state index is 13.9. The van der Waals surface area contributed by atoms with Gasteiger partial charge >= 0.3 is 12.0 Å². The number of rotatable bonds is 9. The lowest BCUT2D eigenvalue weighted by molar-refractivity contribution is -0.145. The Morgan fingerprint density at radius 2 is 1.98 bits per heavy atom. The number of carbonyl (C=O) groups is 4. The Bertz CT molecular complexity index is 1630. The number of aromatic nitrogens is 3. The van der Waals surface area contributed by atoms with Gasteiger partial charge in [-0.25, -0.2) is 14.6 Å². The second kappa shape index (κ2) is 13.4. The van der Waals surface area contributed by atoms with Crippen LogP contribution in [-0.2, 0) is 20.7 Å². The van der Waals surface area contributed by atoms with E-state index in [9.17, 15) is 19.2 Å². The highest BCUT2D eigenvalue weighted by atomic mass is 32.2. The van der Waals surface area contributed by atoms with Crippen LogP contribution in [0.5, 0.6) is 0 Å². The highest BCUT2D eigenvalue weighted by Crippen LogP contribution is 2.24. The molecule has 4 N–H and O–H groups in total. The van der Waals surface area contributed by atoms with Crippen molar-refractivity contribution in [2.45, 2.75) is 35.9 Å². The predicted molar refractivity (Wildman–Crippen MR) is 162 cm³/mol. The topological polar surface area (TPSA) is 158 Å². The number of nitrogens with one attached hydrogen (secondary N) is 4. The van der Waals surface area contributed by atoms with E-state index in [0.717, 1.165) is 21.4 Å². The number of aromatic amines is 1. The number of likely N-dealkylation sites (tertiary alicyclic amines) is 1. The van der Waals surface area contributed by atoms with Crippen LogP contribution in [-0.4, -0.2) is 81.7 Å². The van der Waals surface area contributed by atoms with Crippen molar-refractivity contribution in [1.29, 1.82) is 0 Å². The van der Waals surface area contributed by atoms with Gasteiger partial charge in [-0.3, -0.25) is 14.6 Å². The molecule has 12 nitrogen and oxygen atoms in total. The summed E-state index contributed by atoms with van der Waals surface area (Å²) in [6.07, 6.45) is 8.32. The second-order valence-electron chi connectivity index (χ2n) is 9.91. The number of thioether (sulfide) groups is 1. The molecule has 0 aliphatic carbocycles. The van der Waals surface area contributed by atoms with Crippen molar-refractivity contribution in [2.75, 3.05) is 25.2 Å². The van der Waals surface area contributed by atoms with Gasteiger partial charge in [0.15, 0.2) is 0 Å². The van der Waals surface area contributed by atoms with Gasteiger partial charge in [-0.05, 0) is 42.5 Å². The molecule has 2 aromatic heterocycles. The van der Waals surface area contributed by atoms with E-state index < -0.39 is 41.9 Å². The van der Waals surface area contributed by atoms with E-state index in [2.05, 4.69) is 30.9 Å². The zero-order valence-electron chi connectivity index (χ0n) is 23.6. The molecule has 0 unspecified atom stereocenters. The molecule has 3 atom stereocenters. The Kier molecular flexibility index (Phi) is 9.20.